The highest BCUT2D eigenvalue weighted by molar-refractivity contribution is 5.99. The van der Waals surface area contributed by atoms with E-state index in [0.29, 0.717) is 12.8 Å². The van der Waals surface area contributed by atoms with Crippen molar-refractivity contribution in [3.63, 3.8) is 0 Å². The normalized spacial score (nSPS) is 17.5. The summed E-state index contributed by atoms with van der Waals surface area (Å²) in [6, 6.07) is 3.26. The number of rotatable bonds is 3. The fraction of sp³-hybridized carbons (Fsp3) is 0.429. The topological polar surface area (TPSA) is 92.4 Å². The zero-order chi connectivity index (χ0) is 14.8. The number of nitrogens with one attached hydrogen (secondary N) is 1. The number of carbonyl (C=O) groups excluding carboxylic acids is 1. The van der Waals surface area contributed by atoms with Crippen molar-refractivity contribution in [3.05, 3.63) is 29.6 Å². The zero-order valence-electron chi connectivity index (χ0n) is 11.0. The Labute approximate surface area is 116 Å². The van der Waals surface area contributed by atoms with E-state index in [1.807, 2.05) is 0 Å². The first-order valence-electron chi connectivity index (χ1n) is 6.55. The third-order valence-corrected chi connectivity index (χ3v) is 3.66. The molecule has 1 fully saturated rings. The van der Waals surface area contributed by atoms with Crippen LogP contribution in [0.15, 0.2) is 18.2 Å². The third-order valence-electron chi connectivity index (χ3n) is 3.66. The first kappa shape index (κ1) is 14.5. The second kappa shape index (κ2) is 5.58. The molecule has 0 heterocycles. The van der Waals surface area contributed by atoms with Crippen LogP contribution in [-0.4, -0.2) is 22.5 Å². The van der Waals surface area contributed by atoms with E-state index in [1.165, 1.54) is 0 Å². The Balaban J connectivity index is 2.18. The molecule has 1 saturated carbocycles. The van der Waals surface area contributed by atoms with Gasteiger partial charge in [-0.2, -0.15) is 0 Å². The van der Waals surface area contributed by atoms with Crippen LogP contribution in [0, 0.1) is 5.82 Å². The number of halogens is 1. The molecule has 5 nitrogen and oxygen atoms in total. The molecule has 1 aliphatic rings. The van der Waals surface area contributed by atoms with Gasteiger partial charge in [-0.05, 0) is 31.0 Å². The van der Waals surface area contributed by atoms with Crippen LogP contribution in [-0.2, 0) is 4.79 Å². The highest BCUT2D eigenvalue weighted by Gasteiger charge is 2.35. The quantitative estimate of drug-likeness (QED) is 0.790. The maximum atomic E-state index is 13.6. The molecule has 0 aliphatic heterocycles. The van der Waals surface area contributed by atoms with Crippen molar-refractivity contribution in [2.75, 3.05) is 5.32 Å². The van der Waals surface area contributed by atoms with Crippen molar-refractivity contribution in [3.8, 4) is 0 Å². The van der Waals surface area contributed by atoms with Gasteiger partial charge in [0, 0.05) is 0 Å². The molecule has 1 amide bonds. The maximum Gasteiger partial charge on any atom is 0.335 e. The molecule has 0 bridgehead atoms. The van der Waals surface area contributed by atoms with Crippen molar-refractivity contribution in [2.24, 2.45) is 5.73 Å². The van der Waals surface area contributed by atoms with Gasteiger partial charge in [-0.15, -0.1) is 0 Å². The number of amides is 1. The standard InChI is InChI=1S/C14H17FN2O3/c15-10-5-4-9(12(18)19)8-11(10)17-13(20)14(16)6-2-1-3-7-14/h4-5,8H,1-3,6-7,16H2,(H,17,20)(H,18,19). The summed E-state index contributed by atoms with van der Waals surface area (Å²) >= 11 is 0. The van der Waals surface area contributed by atoms with E-state index in [9.17, 15) is 14.0 Å². The molecule has 0 spiro atoms. The molecule has 108 valence electrons. The molecule has 0 saturated heterocycles. The average molecular weight is 280 g/mol. The largest absolute Gasteiger partial charge is 0.478 e. The summed E-state index contributed by atoms with van der Waals surface area (Å²) < 4.78 is 13.6. The van der Waals surface area contributed by atoms with E-state index >= 15 is 0 Å². The van der Waals surface area contributed by atoms with Crippen LogP contribution in [0.4, 0.5) is 10.1 Å². The number of aromatic carboxylic acids is 1. The summed E-state index contributed by atoms with van der Waals surface area (Å²) in [6.45, 7) is 0. The number of carboxylic acids is 1. The molecule has 0 radical (unpaired) electrons. The van der Waals surface area contributed by atoms with E-state index in [-0.39, 0.29) is 11.3 Å². The second-order valence-electron chi connectivity index (χ2n) is 5.17. The van der Waals surface area contributed by atoms with Gasteiger partial charge in [-0.3, -0.25) is 4.79 Å². The molecular formula is C14H17FN2O3. The molecule has 1 aliphatic carbocycles. The first-order valence-corrected chi connectivity index (χ1v) is 6.55. The van der Waals surface area contributed by atoms with Gasteiger partial charge in [-0.25, -0.2) is 9.18 Å². The summed E-state index contributed by atoms with van der Waals surface area (Å²) in [5.74, 6) is -2.32. The fourth-order valence-electron chi connectivity index (χ4n) is 2.41. The first-order chi connectivity index (χ1) is 9.42. The Morgan fingerprint density at radius 3 is 2.50 bits per heavy atom. The van der Waals surface area contributed by atoms with Crippen molar-refractivity contribution in [2.45, 2.75) is 37.6 Å². The molecule has 0 aromatic heterocycles. The summed E-state index contributed by atoms with van der Waals surface area (Å²) in [5, 5.41) is 11.3. The molecule has 4 N–H and O–H groups in total. The molecule has 1 aromatic carbocycles. The smallest absolute Gasteiger partial charge is 0.335 e. The monoisotopic (exact) mass is 280 g/mol. The summed E-state index contributed by atoms with van der Waals surface area (Å²) in [6.07, 6.45) is 3.87. The number of hydrogen-bond donors (Lipinski definition) is 3. The lowest BCUT2D eigenvalue weighted by atomic mass is 9.82. The summed E-state index contributed by atoms with van der Waals surface area (Å²) in [5.41, 5.74) is 4.82. The molecular weight excluding hydrogens is 263 g/mol. The molecule has 20 heavy (non-hydrogen) atoms. The van der Waals surface area contributed by atoms with Gasteiger partial charge in [-0.1, -0.05) is 19.3 Å². The lowest BCUT2D eigenvalue weighted by molar-refractivity contribution is -0.122. The van der Waals surface area contributed by atoms with Gasteiger partial charge in [0.05, 0.1) is 16.8 Å². The predicted octanol–water partition coefficient (Wildman–Crippen LogP) is 2.12. The van der Waals surface area contributed by atoms with Gasteiger partial charge in [0.1, 0.15) is 5.82 Å². The van der Waals surface area contributed by atoms with Gasteiger partial charge in [0.15, 0.2) is 0 Å². The minimum absolute atomic E-state index is 0.0867. The number of nitrogens with two attached hydrogens (primary N) is 1. The number of benzene rings is 1. The highest BCUT2D eigenvalue weighted by atomic mass is 19.1. The van der Waals surface area contributed by atoms with E-state index in [4.69, 9.17) is 10.8 Å². The van der Waals surface area contributed by atoms with E-state index < -0.39 is 23.2 Å². The van der Waals surface area contributed by atoms with Crippen LogP contribution in [0.3, 0.4) is 0 Å². The number of carbonyl (C=O) groups is 2. The lowest BCUT2D eigenvalue weighted by Crippen LogP contribution is -2.52. The predicted molar refractivity (Wildman–Crippen MR) is 72.0 cm³/mol. The molecule has 6 heteroatoms. The van der Waals surface area contributed by atoms with E-state index in [2.05, 4.69) is 5.32 Å². The number of hydrogen-bond acceptors (Lipinski definition) is 3. The van der Waals surface area contributed by atoms with Crippen molar-refractivity contribution in [1.29, 1.82) is 0 Å². The van der Waals surface area contributed by atoms with Gasteiger partial charge < -0.3 is 16.2 Å². The Morgan fingerprint density at radius 2 is 1.90 bits per heavy atom. The molecule has 2 rings (SSSR count). The van der Waals surface area contributed by atoms with Crippen LogP contribution in [0.5, 0.6) is 0 Å². The fourth-order valence-corrected chi connectivity index (χ4v) is 2.41. The Hall–Kier alpha value is -1.95. The molecule has 0 atom stereocenters. The van der Waals surface area contributed by atoms with Crippen molar-refractivity contribution < 1.29 is 19.1 Å². The van der Waals surface area contributed by atoms with Crippen LogP contribution in [0.25, 0.3) is 0 Å². The number of carboxylic acid groups (broad SMARTS) is 1. The van der Waals surface area contributed by atoms with Crippen LogP contribution in [0.1, 0.15) is 42.5 Å². The van der Waals surface area contributed by atoms with Crippen LogP contribution in [0.2, 0.25) is 0 Å². The van der Waals surface area contributed by atoms with Crippen LogP contribution >= 0.6 is 0 Å². The highest BCUT2D eigenvalue weighted by Crippen LogP contribution is 2.27. The molecule has 1 aromatic rings. The lowest BCUT2D eigenvalue weighted by Gasteiger charge is -2.31. The Morgan fingerprint density at radius 1 is 1.25 bits per heavy atom. The van der Waals surface area contributed by atoms with Gasteiger partial charge in [0.2, 0.25) is 5.91 Å². The third kappa shape index (κ3) is 2.96. The van der Waals surface area contributed by atoms with Gasteiger partial charge in [0.25, 0.3) is 0 Å². The minimum atomic E-state index is -1.18. The molecule has 0 unspecified atom stereocenters. The number of anilines is 1. The Bertz CT molecular complexity index is 539. The van der Waals surface area contributed by atoms with Gasteiger partial charge >= 0.3 is 5.97 Å². The minimum Gasteiger partial charge on any atom is -0.478 e. The van der Waals surface area contributed by atoms with E-state index in [0.717, 1.165) is 37.5 Å². The maximum absolute atomic E-state index is 13.6. The van der Waals surface area contributed by atoms with E-state index in [1.54, 1.807) is 0 Å². The average Bonchev–Trinajstić information content (AvgIpc) is 2.41. The van der Waals surface area contributed by atoms with Crippen molar-refractivity contribution >= 4 is 17.6 Å². The van der Waals surface area contributed by atoms with Crippen LogP contribution < -0.4 is 11.1 Å². The Kier molecular flexibility index (Phi) is 4.04. The zero-order valence-corrected chi connectivity index (χ0v) is 11.0. The SMILES string of the molecule is NC1(C(=O)Nc2cc(C(=O)O)ccc2F)CCCCC1. The summed E-state index contributed by atoms with van der Waals surface area (Å²) in [4.78, 5) is 23.0. The summed E-state index contributed by atoms with van der Waals surface area (Å²) in [7, 11) is 0. The second-order valence-corrected chi connectivity index (χ2v) is 5.17. The van der Waals surface area contributed by atoms with Crippen molar-refractivity contribution in [1.82, 2.24) is 0 Å².